The van der Waals surface area contributed by atoms with E-state index in [2.05, 4.69) is 17.6 Å². The van der Waals surface area contributed by atoms with Crippen molar-refractivity contribution in [3.63, 3.8) is 0 Å². The molecule has 1 aromatic heterocycles. The third kappa shape index (κ3) is 1.36. The van der Waals surface area contributed by atoms with Gasteiger partial charge in [0.25, 0.3) is 0 Å². The minimum absolute atomic E-state index is 0.675. The van der Waals surface area contributed by atoms with E-state index in [0.29, 0.717) is 11.4 Å². The third-order valence-electron chi connectivity index (χ3n) is 1.12. The minimum Gasteiger partial charge on any atom is -0.397 e. The number of hydrogen-bond acceptors (Lipinski definition) is 3. The first-order valence-electron chi connectivity index (χ1n) is 2.64. The highest BCUT2D eigenvalue weighted by Crippen LogP contribution is 2.09. The lowest BCUT2D eigenvalue weighted by molar-refractivity contribution is 1.28. The second kappa shape index (κ2) is 2.73. The number of nitrogens with zero attached hydrogens (tertiary/aromatic N) is 1. The van der Waals surface area contributed by atoms with Crippen molar-refractivity contribution in [2.24, 2.45) is 0 Å². The highest BCUT2D eigenvalue weighted by Gasteiger charge is 1.91. The van der Waals surface area contributed by atoms with Gasteiger partial charge in [0.15, 0.2) is 0 Å². The minimum atomic E-state index is 0.675. The normalized spacial score (nSPS) is 9.44. The molecule has 1 rings (SSSR count). The first-order valence-corrected chi connectivity index (χ1v) is 3.27. The molecule has 0 spiro atoms. The second-order valence-electron chi connectivity index (χ2n) is 1.73. The Labute approximate surface area is 59.5 Å². The van der Waals surface area contributed by atoms with E-state index in [1.807, 2.05) is 6.07 Å². The zero-order chi connectivity index (χ0) is 6.69. The van der Waals surface area contributed by atoms with Gasteiger partial charge in [-0.3, -0.25) is 4.98 Å². The van der Waals surface area contributed by atoms with Crippen LogP contribution in [-0.4, -0.2) is 4.98 Å². The molecule has 0 radical (unpaired) electrons. The lowest BCUT2D eigenvalue weighted by Gasteiger charge is -1.97. The molecular formula is C6H8N2S. The number of pyridine rings is 1. The first kappa shape index (κ1) is 6.42. The number of aromatic nitrogens is 1. The van der Waals surface area contributed by atoms with Crippen LogP contribution in [0.5, 0.6) is 0 Å². The Morgan fingerprint density at radius 3 is 2.89 bits per heavy atom. The maximum Gasteiger partial charge on any atom is 0.0541 e. The van der Waals surface area contributed by atoms with E-state index in [9.17, 15) is 0 Å². The summed E-state index contributed by atoms with van der Waals surface area (Å²) in [6, 6.07) is 1.86. The van der Waals surface area contributed by atoms with Crippen LogP contribution >= 0.6 is 12.6 Å². The Kier molecular flexibility index (Phi) is 1.95. The molecule has 0 aliphatic rings. The van der Waals surface area contributed by atoms with Crippen molar-refractivity contribution in [3.8, 4) is 0 Å². The molecule has 0 atom stereocenters. The molecule has 2 N–H and O–H groups in total. The van der Waals surface area contributed by atoms with Crippen LogP contribution in [0.4, 0.5) is 5.69 Å². The zero-order valence-electron chi connectivity index (χ0n) is 4.91. The summed E-state index contributed by atoms with van der Waals surface area (Å²) in [4.78, 5) is 3.83. The maximum absolute atomic E-state index is 5.52. The molecule has 0 aliphatic carbocycles. The molecule has 0 saturated carbocycles. The summed E-state index contributed by atoms with van der Waals surface area (Å²) in [6.45, 7) is 0. The predicted octanol–water partition coefficient (Wildman–Crippen LogP) is 1.09. The highest BCUT2D eigenvalue weighted by molar-refractivity contribution is 7.79. The number of anilines is 1. The highest BCUT2D eigenvalue weighted by atomic mass is 32.1. The van der Waals surface area contributed by atoms with Crippen LogP contribution in [0, 0.1) is 0 Å². The first-order chi connectivity index (χ1) is 4.34. The average molecular weight is 140 g/mol. The van der Waals surface area contributed by atoms with Crippen molar-refractivity contribution in [2.75, 3.05) is 5.73 Å². The van der Waals surface area contributed by atoms with Crippen molar-refractivity contribution in [1.82, 2.24) is 4.98 Å². The molecular weight excluding hydrogens is 132 g/mol. The summed E-state index contributed by atoms with van der Waals surface area (Å²) in [6.07, 6.45) is 3.34. The van der Waals surface area contributed by atoms with Crippen LogP contribution in [0.3, 0.4) is 0 Å². The number of rotatable bonds is 1. The SMILES string of the molecule is Nc1cnccc1CS. The van der Waals surface area contributed by atoms with Crippen molar-refractivity contribution >= 4 is 18.3 Å². The molecule has 1 aromatic rings. The van der Waals surface area contributed by atoms with Crippen molar-refractivity contribution in [3.05, 3.63) is 24.0 Å². The molecule has 0 aliphatic heterocycles. The van der Waals surface area contributed by atoms with E-state index < -0.39 is 0 Å². The fraction of sp³-hybridized carbons (Fsp3) is 0.167. The second-order valence-corrected chi connectivity index (χ2v) is 2.05. The number of nitrogens with two attached hydrogens (primary N) is 1. The van der Waals surface area contributed by atoms with Gasteiger partial charge in [0.1, 0.15) is 0 Å². The van der Waals surface area contributed by atoms with E-state index in [0.717, 1.165) is 5.56 Å². The van der Waals surface area contributed by atoms with Crippen LogP contribution in [0.2, 0.25) is 0 Å². The molecule has 0 bridgehead atoms. The molecule has 2 nitrogen and oxygen atoms in total. The van der Waals surface area contributed by atoms with Crippen LogP contribution in [-0.2, 0) is 5.75 Å². The Hall–Kier alpha value is -0.700. The molecule has 0 unspecified atom stereocenters. The smallest absolute Gasteiger partial charge is 0.0541 e. The summed E-state index contributed by atoms with van der Waals surface area (Å²) in [5.74, 6) is 0.675. The number of nitrogen functional groups attached to an aromatic ring is 1. The third-order valence-corrected chi connectivity index (χ3v) is 1.46. The van der Waals surface area contributed by atoms with Gasteiger partial charge in [-0.2, -0.15) is 12.6 Å². The lowest BCUT2D eigenvalue weighted by atomic mass is 10.3. The van der Waals surface area contributed by atoms with Gasteiger partial charge in [0.2, 0.25) is 0 Å². The zero-order valence-corrected chi connectivity index (χ0v) is 5.81. The summed E-state index contributed by atoms with van der Waals surface area (Å²) >= 11 is 4.07. The monoisotopic (exact) mass is 140 g/mol. The Morgan fingerprint density at radius 2 is 2.44 bits per heavy atom. The molecule has 9 heavy (non-hydrogen) atoms. The fourth-order valence-corrected chi connectivity index (χ4v) is 0.867. The van der Waals surface area contributed by atoms with Gasteiger partial charge in [-0.1, -0.05) is 0 Å². The van der Waals surface area contributed by atoms with Crippen LogP contribution in [0.15, 0.2) is 18.5 Å². The van der Waals surface area contributed by atoms with Gasteiger partial charge in [0.05, 0.1) is 11.9 Å². The van der Waals surface area contributed by atoms with Gasteiger partial charge >= 0.3 is 0 Å². The van der Waals surface area contributed by atoms with Gasteiger partial charge in [-0.05, 0) is 11.6 Å². The fourth-order valence-electron chi connectivity index (χ4n) is 0.579. The topological polar surface area (TPSA) is 38.9 Å². The quantitative estimate of drug-likeness (QED) is 0.573. The molecule has 0 saturated heterocycles. The lowest BCUT2D eigenvalue weighted by Crippen LogP contribution is -1.91. The van der Waals surface area contributed by atoms with Crippen LogP contribution < -0.4 is 5.73 Å². The number of thiol groups is 1. The molecule has 0 aromatic carbocycles. The summed E-state index contributed by atoms with van der Waals surface area (Å²) < 4.78 is 0. The van der Waals surface area contributed by atoms with Gasteiger partial charge < -0.3 is 5.73 Å². The Balaban J connectivity index is 3.01. The van der Waals surface area contributed by atoms with E-state index in [4.69, 9.17) is 5.73 Å². The van der Waals surface area contributed by atoms with Crippen LogP contribution in [0.25, 0.3) is 0 Å². The summed E-state index contributed by atoms with van der Waals surface area (Å²) in [5.41, 5.74) is 7.27. The van der Waals surface area contributed by atoms with E-state index in [1.54, 1.807) is 12.4 Å². The average Bonchev–Trinajstić information content (AvgIpc) is 1.89. The maximum atomic E-state index is 5.52. The van der Waals surface area contributed by atoms with Gasteiger partial charge in [-0.25, -0.2) is 0 Å². The predicted molar refractivity (Wildman–Crippen MR) is 41.3 cm³/mol. The van der Waals surface area contributed by atoms with E-state index in [1.165, 1.54) is 0 Å². The van der Waals surface area contributed by atoms with Crippen molar-refractivity contribution in [1.29, 1.82) is 0 Å². The molecule has 3 heteroatoms. The summed E-state index contributed by atoms with van der Waals surface area (Å²) in [5, 5.41) is 0. The molecule has 0 amide bonds. The van der Waals surface area contributed by atoms with Crippen LogP contribution in [0.1, 0.15) is 5.56 Å². The molecule has 48 valence electrons. The molecule has 1 heterocycles. The van der Waals surface area contributed by atoms with E-state index >= 15 is 0 Å². The van der Waals surface area contributed by atoms with E-state index in [-0.39, 0.29) is 0 Å². The van der Waals surface area contributed by atoms with Gasteiger partial charge in [0, 0.05) is 11.9 Å². The number of hydrogen-bond donors (Lipinski definition) is 2. The Bertz CT molecular complexity index is 200. The largest absolute Gasteiger partial charge is 0.397 e. The van der Waals surface area contributed by atoms with Crippen molar-refractivity contribution < 1.29 is 0 Å². The summed E-state index contributed by atoms with van der Waals surface area (Å²) in [7, 11) is 0. The molecule has 0 fully saturated rings. The Morgan fingerprint density at radius 1 is 1.67 bits per heavy atom. The van der Waals surface area contributed by atoms with Gasteiger partial charge in [-0.15, -0.1) is 0 Å². The van der Waals surface area contributed by atoms with Crippen molar-refractivity contribution in [2.45, 2.75) is 5.75 Å². The standard InChI is InChI=1S/C6H8N2S/c7-6-3-8-2-1-5(6)4-9/h1-3,9H,4,7H2.